The van der Waals surface area contributed by atoms with Crippen molar-refractivity contribution in [3.63, 3.8) is 0 Å². The predicted molar refractivity (Wildman–Crippen MR) is 89.7 cm³/mol. The van der Waals surface area contributed by atoms with E-state index in [2.05, 4.69) is 46.9 Å². The molecule has 1 saturated heterocycles. The molecule has 2 rings (SSSR count). The molecule has 1 saturated carbocycles. The lowest BCUT2D eigenvalue weighted by atomic mass is 9.72. The molecule has 1 N–H and O–H groups in total. The summed E-state index contributed by atoms with van der Waals surface area (Å²) in [6.45, 7) is 14.5. The highest BCUT2D eigenvalue weighted by atomic mass is 16.7. The second kappa shape index (κ2) is 5.52. The zero-order valence-corrected chi connectivity index (χ0v) is 15.3. The Kier molecular flexibility index (Phi) is 4.47. The summed E-state index contributed by atoms with van der Waals surface area (Å²) in [4.78, 5) is 11.4. The molecular formula is C17H32BNO3. The third-order valence-corrected chi connectivity index (χ3v) is 5.86. The number of rotatable bonds is 4. The second-order valence-corrected chi connectivity index (χ2v) is 8.95. The van der Waals surface area contributed by atoms with Crippen molar-refractivity contribution < 1.29 is 14.1 Å². The Balaban J connectivity index is 1.89. The van der Waals surface area contributed by atoms with Crippen LogP contribution in [-0.4, -0.2) is 29.8 Å². The molecule has 4 nitrogen and oxygen atoms in total. The van der Waals surface area contributed by atoms with Crippen molar-refractivity contribution >= 4 is 13.0 Å². The van der Waals surface area contributed by atoms with Crippen LogP contribution in [0.4, 0.5) is 0 Å². The van der Waals surface area contributed by atoms with Gasteiger partial charge in [0.25, 0.3) is 0 Å². The maximum Gasteiger partial charge on any atom is 0.457 e. The molecule has 0 aromatic heterocycles. The Labute approximate surface area is 135 Å². The third-order valence-electron chi connectivity index (χ3n) is 5.86. The molecule has 1 aliphatic heterocycles. The number of carbonyl (C=O) groups excluding carboxylic acids is 1. The maximum absolute atomic E-state index is 11.4. The van der Waals surface area contributed by atoms with Gasteiger partial charge >= 0.3 is 7.12 Å². The lowest BCUT2D eigenvalue weighted by Crippen LogP contribution is -2.43. The Morgan fingerprint density at radius 2 is 1.59 bits per heavy atom. The fourth-order valence-electron chi connectivity index (χ4n) is 3.99. The minimum Gasteiger partial charge on any atom is -0.403 e. The Bertz CT molecular complexity index is 435. The molecule has 1 heterocycles. The van der Waals surface area contributed by atoms with E-state index in [0.29, 0.717) is 0 Å². The van der Waals surface area contributed by atoms with Crippen LogP contribution in [0, 0.1) is 5.41 Å². The van der Waals surface area contributed by atoms with Gasteiger partial charge in [-0.2, -0.15) is 0 Å². The van der Waals surface area contributed by atoms with Crippen molar-refractivity contribution in [3.05, 3.63) is 0 Å². The van der Waals surface area contributed by atoms with Gasteiger partial charge in [0.1, 0.15) is 0 Å². The average molecular weight is 309 g/mol. The van der Waals surface area contributed by atoms with Gasteiger partial charge in [-0.25, -0.2) is 0 Å². The molecule has 1 aliphatic carbocycles. The van der Waals surface area contributed by atoms with Crippen molar-refractivity contribution in [1.82, 2.24) is 5.32 Å². The Morgan fingerprint density at radius 1 is 1.05 bits per heavy atom. The molecule has 2 atom stereocenters. The summed E-state index contributed by atoms with van der Waals surface area (Å²) in [7, 11) is -0.116. The molecule has 1 amide bonds. The molecule has 126 valence electrons. The van der Waals surface area contributed by atoms with Crippen LogP contribution in [0.15, 0.2) is 0 Å². The van der Waals surface area contributed by atoms with Gasteiger partial charge in [-0.3, -0.25) is 4.79 Å². The first-order valence-electron chi connectivity index (χ1n) is 8.51. The van der Waals surface area contributed by atoms with E-state index < -0.39 is 0 Å². The van der Waals surface area contributed by atoms with Gasteiger partial charge in [0, 0.05) is 12.5 Å². The molecule has 0 aromatic rings. The smallest absolute Gasteiger partial charge is 0.403 e. The van der Waals surface area contributed by atoms with E-state index in [4.69, 9.17) is 9.31 Å². The molecule has 0 bridgehead atoms. The minimum atomic E-state index is -0.251. The minimum absolute atomic E-state index is 0.0590. The summed E-state index contributed by atoms with van der Waals surface area (Å²) in [6.07, 6.45) is 5.20. The number of hydrogen-bond donors (Lipinski definition) is 1. The normalized spacial score (nSPS) is 36.6. The summed E-state index contributed by atoms with van der Waals surface area (Å²) in [5.41, 5.74) is -0.310. The summed E-state index contributed by atoms with van der Waals surface area (Å²) in [6, 6.07) is 0. The lowest BCUT2D eigenvalue weighted by molar-refractivity contribution is -0.120. The molecule has 0 aromatic carbocycles. The van der Waals surface area contributed by atoms with Crippen LogP contribution in [0.25, 0.3) is 0 Å². The number of nitrogens with one attached hydrogen (secondary N) is 1. The monoisotopic (exact) mass is 309 g/mol. The van der Waals surface area contributed by atoms with Crippen LogP contribution in [0.3, 0.4) is 0 Å². The molecule has 0 radical (unpaired) electrons. The van der Waals surface area contributed by atoms with E-state index >= 15 is 0 Å². The van der Waals surface area contributed by atoms with Crippen LogP contribution in [-0.2, 0) is 14.1 Å². The third kappa shape index (κ3) is 3.68. The summed E-state index contributed by atoms with van der Waals surface area (Å²) >= 11 is 0. The van der Waals surface area contributed by atoms with E-state index in [9.17, 15) is 4.79 Å². The van der Waals surface area contributed by atoms with Crippen LogP contribution >= 0.6 is 0 Å². The molecule has 5 heteroatoms. The van der Waals surface area contributed by atoms with E-state index in [-0.39, 0.29) is 35.2 Å². The first-order chi connectivity index (χ1) is 9.87. The van der Waals surface area contributed by atoms with Gasteiger partial charge in [0.2, 0.25) is 5.91 Å². The highest BCUT2D eigenvalue weighted by molar-refractivity contribution is 6.45. The van der Waals surface area contributed by atoms with Gasteiger partial charge < -0.3 is 14.6 Å². The van der Waals surface area contributed by atoms with Crippen molar-refractivity contribution in [2.24, 2.45) is 5.41 Å². The summed E-state index contributed by atoms with van der Waals surface area (Å²) < 4.78 is 12.2. The highest BCUT2D eigenvalue weighted by Crippen LogP contribution is 2.48. The number of amides is 1. The highest BCUT2D eigenvalue weighted by Gasteiger charge is 2.51. The maximum atomic E-state index is 11.4. The molecule has 2 unspecified atom stereocenters. The van der Waals surface area contributed by atoms with Crippen LogP contribution in [0.2, 0.25) is 6.32 Å². The molecule has 2 fully saturated rings. The topological polar surface area (TPSA) is 47.6 Å². The zero-order valence-electron chi connectivity index (χ0n) is 15.3. The number of carbonyl (C=O) groups is 1. The lowest BCUT2D eigenvalue weighted by Gasteiger charge is -2.32. The Morgan fingerprint density at radius 3 is 2.09 bits per heavy atom. The quantitative estimate of drug-likeness (QED) is 0.808. The largest absolute Gasteiger partial charge is 0.457 e. The molecule has 22 heavy (non-hydrogen) atoms. The van der Waals surface area contributed by atoms with Crippen molar-refractivity contribution in [1.29, 1.82) is 0 Å². The summed E-state index contributed by atoms with van der Waals surface area (Å²) in [5, 5.41) is 3.13. The van der Waals surface area contributed by atoms with Crippen molar-refractivity contribution in [2.75, 3.05) is 0 Å². The molecular weight excluding hydrogens is 277 g/mol. The zero-order chi connectivity index (χ0) is 16.8. The van der Waals surface area contributed by atoms with E-state index in [1.54, 1.807) is 6.92 Å². The van der Waals surface area contributed by atoms with Crippen LogP contribution < -0.4 is 5.32 Å². The van der Waals surface area contributed by atoms with Gasteiger partial charge in [-0.05, 0) is 72.0 Å². The SMILES string of the molecule is CC(=O)NC1(C)CCC(C)(CCB2OC(C)(C)C(C)(C)O2)C1. The van der Waals surface area contributed by atoms with Gasteiger partial charge in [-0.1, -0.05) is 6.92 Å². The van der Waals surface area contributed by atoms with E-state index in [1.165, 1.54) is 0 Å². The fraction of sp³-hybridized carbons (Fsp3) is 0.941. The Hall–Kier alpha value is -0.545. The first kappa shape index (κ1) is 17.8. The fourth-order valence-corrected chi connectivity index (χ4v) is 3.99. The predicted octanol–water partition coefficient (Wildman–Crippen LogP) is 3.55. The van der Waals surface area contributed by atoms with Crippen molar-refractivity contribution in [3.8, 4) is 0 Å². The van der Waals surface area contributed by atoms with Crippen molar-refractivity contribution in [2.45, 2.75) is 97.2 Å². The second-order valence-electron chi connectivity index (χ2n) is 8.95. The molecule has 0 spiro atoms. The van der Waals surface area contributed by atoms with Gasteiger partial charge in [0.15, 0.2) is 0 Å². The number of hydrogen-bond acceptors (Lipinski definition) is 3. The van der Waals surface area contributed by atoms with Crippen LogP contribution in [0.5, 0.6) is 0 Å². The van der Waals surface area contributed by atoms with Gasteiger partial charge in [0.05, 0.1) is 11.2 Å². The van der Waals surface area contributed by atoms with E-state index in [1.807, 2.05) is 0 Å². The van der Waals surface area contributed by atoms with Crippen LogP contribution in [0.1, 0.15) is 74.1 Å². The van der Waals surface area contributed by atoms with E-state index in [0.717, 1.165) is 32.0 Å². The molecule has 2 aliphatic rings. The summed E-state index contributed by atoms with van der Waals surface area (Å²) in [5.74, 6) is 0.0673. The standard InChI is InChI=1S/C17H32BNO3/c1-13(20)19-17(7)9-8-16(6,12-17)10-11-18-21-14(2,3)15(4,5)22-18/h8-12H2,1-7H3,(H,19,20). The first-order valence-corrected chi connectivity index (χ1v) is 8.51. The van der Waals surface area contributed by atoms with Gasteiger partial charge in [-0.15, -0.1) is 0 Å². The average Bonchev–Trinajstić information content (AvgIpc) is 2.71.